The molecule has 0 radical (unpaired) electrons. The summed E-state index contributed by atoms with van der Waals surface area (Å²) in [4.78, 5) is 0. The van der Waals surface area contributed by atoms with Gasteiger partial charge in [-0.05, 0) is 25.2 Å². The molecule has 0 nitrogen and oxygen atoms in total. The Morgan fingerprint density at radius 2 is 1.07 bits per heavy atom. The number of halogens is 15. The molecule has 0 aliphatic heterocycles. The summed E-state index contributed by atoms with van der Waals surface area (Å²) < 4.78 is 167. The molecule has 0 N–H and O–H groups in total. The van der Waals surface area contributed by atoms with Gasteiger partial charge in [0, 0.05) is 11.8 Å². The maximum Gasteiger partial charge on any atom is 0.431 e. The van der Waals surface area contributed by atoms with Gasteiger partial charge in [-0.2, -0.15) is 52.7 Å². The summed E-state index contributed by atoms with van der Waals surface area (Å²) >= 11 is -0.347. The number of hydrogen-bond acceptors (Lipinski definition) is 0. The molecule has 0 bridgehead atoms. The highest BCUT2D eigenvalue weighted by Crippen LogP contribution is 2.58. The van der Waals surface area contributed by atoms with Crippen molar-refractivity contribution in [3.05, 3.63) is 0 Å². The highest BCUT2D eigenvalue weighted by molar-refractivity contribution is 14.2. The summed E-state index contributed by atoms with van der Waals surface area (Å²) in [6, 6.07) is 0. The number of hydrogen-bond donors (Lipinski definition) is 0. The highest BCUT2D eigenvalue weighted by Gasteiger charge is 2.74. The van der Waals surface area contributed by atoms with E-state index >= 15 is 0 Å². The van der Waals surface area contributed by atoms with Gasteiger partial charge in [0.2, 0.25) is 3.42 Å². The summed E-state index contributed by atoms with van der Waals surface area (Å²) in [6.07, 6.45) is -31.2. The quantitative estimate of drug-likeness (QED) is 0.148. The van der Waals surface area contributed by atoms with E-state index in [0.29, 0.717) is 0 Å². The molecule has 1 unspecified atom stereocenters. The maximum atomic E-state index is 13.9. The van der Waals surface area contributed by atoms with E-state index in [9.17, 15) is 57.1 Å². The lowest BCUT2D eigenvalue weighted by Crippen LogP contribution is -2.57. The molecule has 15 heteroatoms. The molecule has 0 aliphatic carbocycles. The first-order chi connectivity index (χ1) is 12.2. The molecule has 0 amide bonds. The lowest BCUT2D eigenvalue weighted by atomic mass is 9.81. The Morgan fingerprint density at radius 1 is 0.679 bits per heavy atom. The van der Waals surface area contributed by atoms with Crippen LogP contribution in [0.5, 0.6) is 0 Å². The average molecular weight is 623 g/mol. The summed E-state index contributed by atoms with van der Waals surface area (Å²) in [6.45, 7) is 0. The van der Waals surface area contributed by atoms with Gasteiger partial charge in [0.05, 0.1) is 0 Å². The lowest BCUT2D eigenvalue weighted by Gasteiger charge is -2.39. The molecule has 0 aromatic rings. The van der Waals surface area contributed by atoms with Crippen molar-refractivity contribution in [2.45, 2.75) is 59.5 Å². The van der Waals surface area contributed by atoms with Gasteiger partial charge in [0.25, 0.3) is 5.67 Å². The third kappa shape index (κ3) is 5.86. The Hall–Kier alpha value is 0.170. The van der Waals surface area contributed by atoms with Crippen molar-refractivity contribution in [1.82, 2.24) is 0 Å². The first-order valence-corrected chi connectivity index (χ1v) is 10.8. The van der Waals surface area contributed by atoms with E-state index in [1.165, 1.54) is 0 Å². The number of alkyl halides is 15. The fourth-order valence-electron chi connectivity index (χ4n) is 2.43. The molecular weight excluding hydrogens is 610 g/mol. The fourth-order valence-corrected chi connectivity index (χ4v) is 4.55. The normalized spacial score (nSPS) is 16.4. The van der Waals surface area contributed by atoms with Crippen molar-refractivity contribution < 1.29 is 57.1 Å². The molecule has 0 aromatic heterocycles. The van der Waals surface area contributed by atoms with E-state index in [4.69, 9.17) is 0 Å². The Bertz CT molecular complexity index is 488. The summed E-state index contributed by atoms with van der Waals surface area (Å²) in [5.41, 5.74) is -5.95. The summed E-state index contributed by atoms with van der Waals surface area (Å²) in [5.74, 6) is -2.50. The van der Waals surface area contributed by atoms with Crippen molar-refractivity contribution in [2.24, 2.45) is 5.92 Å². The van der Waals surface area contributed by atoms with Crippen LogP contribution in [0.3, 0.4) is 0 Å². The Labute approximate surface area is 169 Å². The molecule has 0 rings (SSSR count). The van der Waals surface area contributed by atoms with Gasteiger partial charge in [-0.3, -0.25) is 0 Å². The zero-order valence-corrected chi connectivity index (χ0v) is 17.2. The molecule has 0 aromatic carbocycles. The molecule has 0 saturated carbocycles. The van der Waals surface area contributed by atoms with Crippen molar-refractivity contribution >= 4 is 41.2 Å². The van der Waals surface area contributed by atoms with Crippen LogP contribution in [0.15, 0.2) is 0 Å². The van der Waals surface area contributed by atoms with Crippen LogP contribution in [0, 0.1) is 5.92 Å². The molecular formula is C13H13BrF13I. The van der Waals surface area contributed by atoms with E-state index in [1.54, 1.807) is 0 Å². The molecule has 0 saturated heterocycles. The zero-order valence-electron chi connectivity index (χ0n) is 13.5. The third-order valence-corrected chi connectivity index (χ3v) is 7.44. The van der Waals surface area contributed by atoms with Crippen LogP contribution in [0.25, 0.3) is 0 Å². The number of rotatable bonds is 8. The largest absolute Gasteiger partial charge is 0.431 e. The van der Waals surface area contributed by atoms with Crippen molar-refractivity contribution in [3.8, 4) is 0 Å². The van der Waals surface area contributed by atoms with E-state index in [-0.39, 0.29) is 11.8 Å². The molecule has 0 spiro atoms. The Morgan fingerprint density at radius 3 is 1.32 bits per heavy atom. The van der Waals surface area contributed by atoms with Gasteiger partial charge in [-0.1, -0.05) is 20.4 Å². The van der Waals surface area contributed by atoms with Crippen molar-refractivity contribution in [2.75, 3.05) is 5.33 Å². The monoisotopic (exact) mass is 622 g/mol. The van der Waals surface area contributed by atoms with Gasteiger partial charge >= 0.3 is 24.7 Å². The van der Waals surface area contributed by atoms with Gasteiger partial charge in [-0.15, -0.1) is 20.7 Å². The van der Waals surface area contributed by atoms with E-state index in [2.05, 4.69) is 20.4 Å². The third-order valence-electron chi connectivity index (χ3n) is 3.91. The molecule has 0 heterocycles. The van der Waals surface area contributed by atoms with Crippen LogP contribution >= 0.6 is 36.7 Å². The van der Waals surface area contributed by atoms with Crippen LogP contribution in [0.4, 0.5) is 57.1 Å². The van der Waals surface area contributed by atoms with E-state index < -0.39 is 79.7 Å². The van der Waals surface area contributed by atoms with Gasteiger partial charge < -0.3 is 0 Å². The smallest absolute Gasteiger partial charge is 0.224 e. The summed E-state index contributed by atoms with van der Waals surface area (Å²) in [5, 5.41) is -0.134. The zero-order chi connectivity index (χ0) is 22.8. The fraction of sp³-hybridized carbons (Fsp3) is 0.923. The first-order valence-electron chi connectivity index (χ1n) is 7.11. The Kier molecular flexibility index (Phi) is 9.18. The van der Waals surface area contributed by atoms with Crippen LogP contribution in [-0.2, 0) is 0 Å². The lowest BCUT2D eigenvalue weighted by molar-refractivity contribution is -0.347. The minimum absolute atomic E-state index is 0.134. The molecule has 28 heavy (non-hydrogen) atoms. The van der Waals surface area contributed by atoms with Crippen LogP contribution in [0.1, 0.15) is 25.7 Å². The first kappa shape index (κ1) is 28.2. The molecule has 1 atom stereocenters. The van der Waals surface area contributed by atoms with E-state index in [0.717, 1.165) is 0 Å². The topological polar surface area (TPSA) is 0 Å². The van der Waals surface area contributed by atoms with Crippen molar-refractivity contribution in [1.29, 1.82) is 0 Å². The Balaban J connectivity index is 6.28. The van der Waals surface area contributed by atoms with Gasteiger partial charge in [-0.25, -0.2) is 4.39 Å². The molecule has 170 valence electrons. The predicted octanol–water partition coefficient (Wildman–Crippen LogP) is 7.66. The predicted molar refractivity (Wildman–Crippen MR) is 87.7 cm³/mol. The highest BCUT2D eigenvalue weighted by atomic mass is 127. The second-order valence-electron chi connectivity index (χ2n) is 5.83. The average Bonchev–Trinajstić information content (AvgIpc) is 2.44. The summed E-state index contributed by atoms with van der Waals surface area (Å²) in [7, 11) is 0. The molecule has 0 aliphatic rings. The van der Waals surface area contributed by atoms with Gasteiger partial charge in [0.1, 0.15) is 0 Å². The van der Waals surface area contributed by atoms with Crippen LogP contribution in [0.2, 0.25) is 0 Å². The minimum Gasteiger partial charge on any atom is -0.224 e. The van der Waals surface area contributed by atoms with Crippen LogP contribution in [-0.4, -0.2) is 43.6 Å². The van der Waals surface area contributed by atoms with Gasteiger partial charge in [0.15, 0.2) is 0 Å². The van der Waals surface area contributed by atoms with E-state index in [1.807, 2.05) is 0 Å². The van der Waals surface area contributed by atoms with Crippen LogP contribution < -0.4 is 0 Å². The second-order valence-corrected chi connectivity index (χ2v) is 9.23. The second kappa shape index (κ2) is 9.12. The SMILES string of the molecule is C=IC(CC(CCCBr)CC(F)(C(F)(F)F)C(F)(F)F)(C(F)(F)F)C(F)(F)F. The maximum absolute atomic E-state index is 13.9. The molecule has 0 fully saturated rings. The minimum atomic E-state index is -6.57. The standard InChI is InChI=1S/C13H13BrF13I/c1-28-9(12(22,23)24,13(25,26)27)6-7(3-2-4-14)5-8(15,10(16,17)18)11(19,20)21/h7H,1-6H2. The van der Waals surface area contributed by atoms with Crippen molar-refractivity contribution in [3.63, 3.8) is 0 Å².